The van der Waals surface area contributed by atoms with Crippen LogP contribution in [0.3, 0.4) is 0 Å². The highest BCUT2D eigenvalue weighted by Crippen LogP contribution is 2.35. The van der Waals surface area contributed by atoms with E-state index in [1.807, 2.05) is 6.07 Å². The highest BCUT2D eigenvalue weighted by Gasteiger charge is 2.29. The van der Waals surface area contributed by atoms with E-state index < -0.39 is 0 Å². The number of benzene rings is 1. The molecule has 14 heavy (non-hydrogen) atoms. The first-order valence-electron chi connectivity index (χ1n) is 5.03. The summed E-state index contributed by atoms with van der Waals surface area (Å²) in [7, 11) is 2.08. The topological polar surface area (TPSA) is 3.24 Å². The maximum absolute atomic E-state index is 13.0. The van der Waals surface area contributed by atoms with Gasteiger partial charge in [0.05, 0.1) is 0 Å². The normalized spacial score (nSPS) is 19.3. The minimum Gasteiger partial charge on any atom is -0.369 e. The van der Waals surface area contributed by atoms with Crippen LogP contribution < -0.4 is 4.90 Å². The summed E-state index contributed by atoms with van der Waals surface area (Å²) in [5.74, 6) is -0.128. The maximum Gasteiger partial charge on any atom is 0.123 e. The van der Waals surface area contributed by atoms with Gasteiger partial charge in [0.1, 0.15) is 5.82 Å². The van der Waals surface area contributed by atoms with Gasteiger partial charge in [0, 0.05) is 18.3 Å². The smallest absolute Gasteiger partial charge is 0.123 e. The molecule has 0 atom stereocenters. The monoisotopic (exact) mass is 193 g/mol. The van der Waals surface area contributed by atoms with Crippen molar-refractivity contribution in [2.75, 3.05) is 11.9 Å². The summed E-state index contributed by atoms with van der Waals surface area (Å²) >= 11 is 0. The molecule has 1 aromatic carbocycles. The third-order valence-corrected chi connectivity index (χ3v) is 3.32. The van der Waals surface area contributed by atoms with Gasteiger partial charge in [-0.25, -0.2) is 4.39 Å². The Morgan fingerprint density at radius 3 is 2.79 bits per heavy atom. The van der Waals surface area contributed by atoms with Gasteiger partial charge in [0.25, 0.3) is 0 Å². The first-order chi connectivity index (χ1) is 6.50. The lowest BCUT2D eigenvalue weighted by atomic mass is 9.87. The number of hydrogen-bond acceptors (Lipinski definition) is 1. The highest BCUT2D eigenvalue weighted by molar-refractivity contribution is 5.57. The molecule has 0 amide bonds. The van der Waals surface area contributed by atoms with E-state index in [-0.39, 0.29) is 11.4 Å². The Labute approximate surface area is 84.5 Å². The molecule has 2 heteroatoms. The number of fused-ring (bicyclic) bond motifs is 1. The van der Waals surface area contributed by atoms with Gasteiger partial charge in [0.15, 0.2) is 0 Å². The molecule has 0 N–H and O–H groups in total. The molecule has 1 nitrogen and oxygen atoms in total. The predicted octanol–water partition coefficient (Wildman–Crippen LogP) is 2.99. The van der Waals surface area contributed by atoms with E-state index >= 15 is 0 Å². The van der Waals surface area contributed by atoms with Gasteiger partial charge in [0.2, 0.25) is 0 Å². The van der Waals surface area contributed by atoms with Crippen LogP contribution in [-0.4, -0.2) is 12.6 Å². The summed E-state index contributed by atoms with van der Waals surface area (Å²) < 4.78 is 13.0. The third-order valence-electron chi connectivity index (χ3n) is 3.32. The van der Waals surface area contributed by atoms with Crippen molar-refractivity contribution in [1.82, 2.24) is 0 Å². The van der Waals surface area contributed by atoms with Gasteiger partial charge < -0.3 is 4.90 Å². The Hall–Kier alpha value is -1.05. The fourth-order valence-corrected chi connectivity index (χ4v) is 2.02. The summed E-state index contributed by atoms with van der Waals surface area (Å²) in [5.41, 5.74) is 2.49. The van der Waals surface area contributed by atoms with Crippen LogP contribution >= 0.6 is 0 Å². The first-order valence-corrected chi connectivity index (χ1v) is 5.03. The summed E-state index contributed by atoms with van der Waals surface area (Å²) in [4.78, 5) is 2.24. The summed E-state index contributed by atoms with van der Waals surface area (Å²) in [6, 6.07) is 5.07. The summed E-state index contributed by atoms with van der Waals surface area (Å²) in [5, 5.41) is 0. The van der Waals surface area contributed by atoms with Crippen LogP contribution in [0.5, 0.6) is 0 Å². The van der Waals surface area contributed by atoms with Crippen LogP contribution in [0.25, 0.3) is 0 Å². The van der Waals surface area contributed by atoms with Gasteiger partial charge in [-0.15, -0.1) is 0 Å². The third kappa shape index (κ3) is 1.39. The maximum atomic E-state index is 13.0. The van der Waals surface area contributed by atoms with E-state index in [4.69, 9.17) is 0 Å². The Kier molecular flexibility index (Phi) is 2.02. The molecule has 2 rings (SSSR count). The average Bonchev–Trinajstić information content (AvgIpc) is 2.12. The Morgan fingerprint density at radius 2 is 2.07 bits per heavy atom. The lowest BCUT2D eigenvalue weighted by Crippen LogP contribution is -2.44. The average molecular weight is 193 g/mol. The van der Waals surface area contributed by atoms with Gasteiger partial charge in [-0.2, -0.15) is 0 Å². The number of hydrogen-bond donors (Lipinski definition) is 0. The first kappa shape index (κ1) is 9.50. The Balaban J connectivity index is 2.46. The lowest BCUT2D eigenvalue weighted by Gasteiger charge is -2.42. The summed E-state index contributed by atoms with van der Waals surface area (Å²) in [6.45, 7) is 4.44. The van der Waals surface area contributed by atoms with E-state index in [2.05, 4.69) is 25.8 Å². The molecule has 0 radical (unpaired) electrons. The number of rotatable bonds is 0. The van der Waals surface area contributed by atoms with Gasteiger partial charge in [-0.05, 0) is 50.5 Å². The molecular weight excluding hydrogens is 177 g/mol. The second-order valence-corrected chi connectivity index (χ2v) is 4.64. The molecule has 0 saturated heterocycles. The molecule has 1 aliphatic heterocycles. The minimum absolute atomic E-state index is 0.128. The van der Waals surface area contributed by atoms with Crippen molar-refractivity contribution >= 4 is 5.69 Å². The van der Waals surface area contributed by atoms with E-state index in [0.29, 0.717) is 0 Å². The minimum atomic E-state index is -0.128. The number of nitrogens with zero attached hydrogens (tertiary/aromatic N) is 1. The van der Waals surface area contributed by atoms with Crippen molar-refractivity contribution in [3.63, 3.8) is 0 Å². The van der Waals surface area contributed by atoms with Crippen LogP contribution in [-0.2, 0) is 6.42 Å². The van der Waals surface area contributed by atoms with E-state index in [9.17, 15) is 4.39 Å². The van der Waals surface area contributed by atoms with E-state index in [0.717, 1.165) is 18.4 Å². The lowest BCUT2D eigenvalue weighted by molar-refractivity contribution is 0.430. The van der Waals surface area contributed by atoms with Crippen LogP contribution in [0.1, 0.15) is 25.8 Å². The molecule has 76 valence electrons. The zero-order valence-electron chi connectivity index (χ0n) is 8.97. The second kappa shape index (κ2) is 2.97. The van der Waals surface area contributed by atoms with Gasteiger partial charge in [-0.3, -0.25) is 0 Å². The molecule has 0 unspecified atom stereocenters. The highest BCUT2D eigenvalue weighted by atomic mass is 19.1. The number of halogens is 1. The molecule has 1 heterocycles. The van der Waals surface area contributed by atoms with Crippen molar-refractivity contribution in [3.8, 4) is 0 Å². The van der Waals surface area contributed by atoms with Crippen LogP contribution in [0.15, 0.2) is 18.2 Å². The predicted molar refractivity (Wildman–Crippen MR) is 57.2 cm³/mol. The zero-order chi connectivity index (χ0) is 10.3. The largest absolute Gasteiger partial charge is 0.369 e. The quantitative estimate of drug-likeness (QED) is 0.612. The SMILES string of the molecule is CN1c2ccc(F)cc2CCC1(C)C. The van der Waals surface area contributed by atoms with Gasteiger partial charge >= 0.3 is 0 Å². The summed E-state index contributed by atoms with van der Waals surface area (Å²) in [6.07, 6.45) is 2.06. The standard InChI is InChI=1S/C12H16FN/c1-12(2)7-6-9-8-10(13)4-5-11(9)14(12)3/h4-5,8H,6-7H2,1-3H3. The molecule has 0 aromatic heterocycles. The van der Waals surface area contributed by atoms with Crippen molar-refractivity contribution < 1.29 is 4.39 Å². The van der Waals surface area contributed by atoms with Crippen LogP contribution in [0.2, 0.25) is 0 Å². The van der Waals surface area contributed by atoms with Gasteiger partial charge in [-0.1, -0.05) is 0 Å². The molecule has 0 spiro atoms. The van der Waals surface area contributed by atoms with E-state index in [1.165, 1.54) is 11.8 Å². The Morgan fingerprint density at radius 1 is 1.36 bits per heavy atom. The van der Waals surface area contributed by atoms with Crippen molar-refractivity contribution in [2.45, 2.75) is 32.2 Å². The fraction of sp³-hybridized carbons (Fsp3) is 0.500. The fourth-order valence-electron chi connectivity index (χ4n) is 2.02. The number of aryl methyl sites for hydroxylation is 1. The molecule has 1 aliphatic rings. The van der Waals surface area contributed by atoms with E-state index in [1.54, 1.807) is 6.07 Å². The Bertz CT molecular complexity index is 357. The zero-order valence-corrected chi connectivity index (χ0v) is 8.97. The molecule has 0 saturated carbocycles. The number of anilines is 1. The van der Waals surface area contributed by atoms with Crippen molar-refractivity contribution in [1.29, 1.82) is 0 Å². The molecule has 0 bridgehead atoms. The van der Waals surface area contributed by atoms with Crippen LogP contribution in [0.4, 0.5) is 10.1 Å². The molecule has 0 aliphatic carbocycles. The van der Waals surface area contributed by atoms with Crippen LogP contribution in [0, 0.1) is 5.82 Å². The molecule has 1 aromatic rings. The van der Waals surface area contributed by atoms with Crippen molar-refractivity contribution in [2.24, 2.45) is 0 Å². The molecule has 0 fully saturated rings. The van der Waals surface area contributed by atoms with Crippen molar-refractivity contribution in [3.05, 3.63) is 29.6 Å². The molecular formula is C12H16FN. The second-order valence-electron chi connectivity index (χ2n) is 4.64.